The van der Waals surface area contributed by atoms with Gasteiger partial charge in [-0.15, -0.1) is 0 Å². The second-order valence-electron chi connectivity index (χ2n) is 14.5. The van der Waals surface area contributed by atoms with Crippen molar-refractivity contribution in [3.05, 3.63) is 211 Å². The van der Waals surface area contributed by atoms with Crippen LogP contribution in [0.3, 0.4) is 0 Å². The van der Waals surface area contributed by atoms with Crippen LogP contribution < -0.4 is 0 Å². The van der Waals surface area contributed by atoms with E-state index < -0.39 is 0 Å². The summed E-state index contributed by atoms with van der Waals surface area (Å²) < 4.78 is 2.39. The molecule has 0 amide bonds. The van der Waals surface area contributed by atoms with Gasteiger partial charge in [-0.2, -0.15) is 0 Å². The lowest BCUT2D eigenvalue weighted by Gasteiger charge is -2.12. The average Bonchev–Trinajstić information content (AvgIpc) is 3.83. The van der Waals surface area contributed by atoms with Crippen LogP contribution in [-0.4, -0.2) is 14.5 Å². The molecule has 11 rings (SSSR count). The van der Waals surface area contributed by atoms with E-state index in [0.29, 0.717) is 0 Å². The summed E-state index contributed by atoms with van der Waals surface area (Å²) >= 11 is 0. The summed E-state index contributed by atoms with van der Waals surface area (Å²) in [5.41, 5.74) is 18.5. The third-order valence-electron chi connectivity index (χ3n) is 11.3. The molecule has 1 aliphatic rings. The molecule has 0 spiro atoms. The third-order valence-corrected chi connectivity index (χ3v) is 11.3. The highest BCUT2D eigenvalue weighted by molar-refractivity contribution is 6.10. The lowest BCUT2D eigenvalue weighted by atomic mass is 9.93. The fourth-order valence-electron chi connectivity index (χ4n) is 8.62. The lowest BCUT2D eigenvalue weighted by molar-refractivity contribution is 1.13. The van der Waals surface area contributed by atoms with Crippen LogP contribution in [0.5, 0.6) is 0 Å². The minimum Gasteiger partial charge on any atom is -0.309 e. The van der Waals surface area contributed by atoms with Gasteiger partial charge in [0.25, 0.3) is 0 Å². The van der Waals surface area contributed by atoms with E-state index >= 15 is 0 Å². The molecular weight excluding hydrogens is 679 g/mol. The first-order valence-corrected chi connectivity index (χ1v) is 19.2. The number of hydrogen-bond acceptors (Lipinski definition) is 2. The van der Waals surface area contributed by atoms with Crippen molar-refractivity contribution in [3.63, 3.8) is 0 Å². The molecule has 0 fully saturated rings. The molecule has 3 nitrogen and oxygen atoms in total. The average molecular weight is 714 g/mol. The number of para-hydroxylation sites is 2. The van der Waals surface area contributed by atoms with Gasteiger partial charge in [0.15, 0.2) is 5.82 Å². The Morgan fingerprint density at radius 1 is 0.339 bits per heavy atom. The Kier molecular flexibility index (Phi) is 7.56. The summed E-state index contributed by atoms with van der Waals surface area (Å²) in [7, 11) is 0. The second-order valence-corrected chi connectivity index (χ2v) is 14.5. The van der Waals surface area contributed by atoms with E-state index in [9.17, 15) is 0 Å². The van der Waals surface area contributed by atoms with Crippen molar-refractivity contribution < 1.29 is 0 Å². The van der Waals surface area contributed by atoms with Crippen LogP contribution in [0.25, 0.3) is 94.8 Å². The Bertz CT molecular complexity index is 3090. The first kappa shape index (κ1) is 32.1. The highest BCUT2D eigenvalue weighted by Gasteiger charge is 2.28. The zero-order chi connectivity index (χ0) is 37.0. The van der Waals surface area contributed by atoms with Crippen molar-refractivity contribution in [2.75, 3.05) is 0 Å². The molecule has 2 aromatic heterocycles. The fraction of sp³-hybridized carbons (Fsp3) is 0.0189. The molecule has 262 valence electrons. The molecule has 56 heavy (non-hydrogen) atoms. The number of benzene rings is 8. The molecule has 0 radical (unpaired) electrons. The van der Waals surface area contributed by atoms with Gasteiger partial charge in [0, 0.05) is 45.1 Å². The predicted molar refractivity (Wildman–Crippen MR) is 232 cm³/mol. The Hall–Kier alpha value is -7.36. The van der Waals surface area contributed by atoms with Crippen LogP contribution in [0.1, 0.15) is 11.1 Å². The maximum absolute atomic E-state index is 5.32. The number of nitrogens with zero attached hydrogens (tertiary/aromatic N) is 3. The van der Waals surface area contributed by atoms with E-state index in [4.69, 9.17) is 9.97 Å². The molecule has 0 saturated heterocycles. The Morgan fingerprint density at radius 3 is 1.70 bits per heavy atom. The summed E-state index contributed by atoms with van der Waals surface area (Å²) in [5.74, 6) is 0.744. The zero-order valence-corrected chi connectivity index (χ0v) is 30.6. The third kappa shape index (κ3) is 5.36. The van der Waals surface area contributed by atoms with Gasteiger partial charge in [-0.3, -0.25) is 0 Å². The summed E-state index contributed by atoms with van der Waals surface area (Å²) in [4.78, 5) is 10.6. The molecule has 0 saturated carbocycles. The van der Waals surface area contributed by atoms with Crippen molar-refractivity contribution >= 4 is 21.8 Å². The largest absolute Gasteiger partial charge is 0.309 e. The number of aromatic nitrogens is 3. The molecule has 1 aliphatic carbocycles. The Morgan fingerprint density at radius 2 is 0.893 bits per heavy atom. The van der Waals surface area contributed by atoms with E-state index in [1.54, 1.807) is 0 Å². The van der Waals surface area contributed by atoms with Gasteiger partial charge in [-0.25, -0.2) is 9.97 Å². The monoisotopic (exact) mass is 713 g/mol. The molecule has 8 aromatic carbocycles. The molecule has 0 unspecified atom stereocenters. The molecule has 2 heterocycles. The molecule has 0 N–H and O–H groups in total. The summed E-state index contributed by atoms with van der Waals surface area (Å²) in [6.07, 6.45) is 0.758. The molecule has 0 atom stereocenters. The van der Waals surface area contributed by atoms with E-state index in [0.717, 1.165) is 40.4 Å². The Labute approximate surface area is 325 Å². The molecule has 10 aromatic rings. The quantitative estimate of drug-likeness (QED) is 0.172. The molecule has 0 bridgehead atoms. The van der Waals surface area contributed by atoms with Gasteiger partial charge < -0.3 is 4.57 Å². The van der Waals surface area contributed by atoms with Crippen LogP contribution in [0.15, 0.2) is 200 Å². The van der Waals surface area contributed by atoms with Gasteiger partial charge >= 0.3 is 0 Å². The van der Waals surface area contributed by atoms with E-state index in [1.165, 1.54) is 71.9 Å². The lowest BCUT2D eigenvalue weighted by Crippen LogP contribution is -1.99. The van der Waals surface area contributed by atoms with Crippen LogP contribution in [-0.2, 0) is 6.42 Å². The van der Waals surface area contributed by atoms with Crippen molar-refractivity contribution in [1.29, 1.82) is 0 Å². The van der Waals surface area contributed by atoms with Crippen LogP contribution in [0, 0.1) is 0 Å². The minimum atomic E-state index is 0.744. The van der Waals surface area contributed by atoms with Crippen LogP contribution in [0.4, 0.5) is 0 Å². The smallest absolute Gasteiger partial charge is 0.160 e. The van der Waals surface area contributed by atoms with Gasteiger partial charge in [0.1, 0.15) is 0 Å². The summed E-state index contributed by atoms with van der Waals surface area (Å²) in [5, 5.41) is 2.51. The van der Waals surface area contributed by atoms with E-state index in [-0.39, 0.29) is 0 Å². The number of fused-ring (bicyclic) bond motifs is 6. The normalized spacial score (nSPS) is 11.9. The fourth-order valence-corrected chi connectivity index (χ4v) is 8.62. The second kappa shape index (κ2) is 13.2. The highest BCUT2D eigenvalue weighted by atomic mass is 15.0. The van der Waals surface area contributed by atoms with Gasteiger partial charge in [-0.05, 0) is 75.3 Å². The van der Waals surface area contributed by atoms with Crippen molar-refractivity contribution in [3.8, 4) is 73.0 Å². The first-order valence-electron chi connectivity index (χ1n) is 19.2. The number of rotatable bonds is 6. The van der Waals surface area contributed by atoms with Crippen molar-refractivity contribution in [1.82, 2.24) is 14.5 Å². The molecule has 3 heteroatoms. The SMILES string of the molecule is c1ccc(-c2cccc(-c3nc(-c4ccccc4)nc4c3Cc3c(-c5cccc(-c6ccc7c8ccccc8n(-c8ccccc8)c7c6)c5)cccc3-4)c2)cc1. The van der Waals surface area contributed by atoms with Crippen molar-refractivity contribution in [2.24, 2.45) is 0 Å². The molecular formula is C53H35N3. The minimum absolute atomic E-state index is 0.744. The van der Waals surface area contributed by atoms with Gasteiger partial charge in [0.2, 0.25) is 0 Å². The number of hydrogen-bond donors (Lipinski definition) is 0. The van der Waals surface area contributed by atoms with E-state index in [2.05, 4.69) is 199 Å². The van der Waals surface area contributed by atoms with Gasteiger partial charge in [-0.1, -0.05) is 164 Å². The maximum atomic E-state index is 5.32. The molecule has 0 aliphatic heterocycles. The van der Waals surface area contributed by atoms with E-state index in [1.807, 2.05) is 6.07 Å². The summed E-state index contributed by atoms with van der Waals surface area (Å²) in [6, 6.07) is 71.7. The maximum Gasteiger partial charge on any atom is 0.160 e. The van der Waals surface area contributed by atoms with Crippen LogP contribution >= 0.6 is 0 Å². The zero-order valence-electron chi connectivity index (χ0n) is 30.6. The first-order chi connectivity index (χ1) is 27.8. The van der Waals surface area contributed by atoms with Gasteiger partial charge in [0.05, 0.1) is 22.4 Å². The predicted octanol–water partition coefficient (Wildman–Crippen LogP) is 13.5. The summed E-state index contributed by atoms with van der Waals surface area (Å²) in [6.45, 7) is 0. The standard InChI is InChI=1S/C53H35N3/c1-4-15-35(16-5-1)37-19-13-22-41(32-37)51-48-34-47-43(26-14-27-46(47)52(48)55-53(54-51)36-17-6-2-7-18-36)40-21-12-20-38(31-40)39-29-30-45-44-25-10-11-28-49(44)56(50(45)33-39)42-23-8-3-9-24-42/h1-33H,34H2. The topological polar surface area (TPSA) is 30.7 Å². The highest BCUT2D eigenvalue weighted by Crippen LogP contribution is 2.45. The van der Waals surface area contributed by atoms with Crippen molar-refractivity contribution in [2.45, 2.75) is 6.42 Å². The Balaban J connectivity index is 1.03. The van der Waals surface area contributed by atoms with Crippen LogP contribution in [0.2, 0.25) is 0 Å².